The van der Waals surface area contributed by atoms with Gasteiger partial charge in [0.05, 0.1) is 11.2 Å². The van der Waals surface area contributed by atoms with Crippen molar-refractivity contribution in [2.45, 2.75) is 38.5 Å². The molecule has 2 aliphatic rings. The molecular formula is C20H22N2O. The van der Waals surface area contributed by atoms with Crippen LogP contribution in [0, 0.1) is 17.8 Å². The fraction of sp³-hybridized carbons (Fsp3) is 0.450. The van der Waals surface area contributed by atoms with Gasteiger partial charge in [-0.2, -0.15) is 0 Å². The number of hydrogen-bond acceptors (Lipinski definition) is 2. The van der Waals surface area contributed by atoms with Crippen LogP contribution in [0.1, 0.15) is 44.1 Å². The van der Waals surface area contributed by atoms with Gasteiger partial charge in [-0.1, -0.05) is 43.4 Å². The first-order valence-corrected chi connectivity index (χ1v) is 8.59. The normalized spacial score (nSPS) is 20.0. The number of hydrogen-bond donors (Lipinski definition) is 1. The Bertz CT molecular complexity index is 837. The molecule has 0 amide bonds. The lowest BCUT2D eigenvalue weighted by Crippen LogP contribution is -2.30. The van der Waals surface area contributed by atoms with Gasteiger partial charge in [-0.25, -0.2) is 0 Å². The maximum atomic E-state index is 12.4. The zero-order chi connectivity index (χ0) is 15.9. The van der Waals surface area contributed by atoms with Crippen molar-refractivity contribution in [2.24, 2.45) is 5.41 Å². The highest BCUT2D eigenvalue weighted by molar-refractivity contribution is 5.94. The molecule has 0 unspecified atom stereocenters. The summed E-state index contributed by atoms with van der Waals surface area (Å²) in [6, 6.07) is 7.97. The van der Waals surface area contributed by atoms with Crippen molar-refractivity contribution in [3.05, 3.63) is 40.2 Å². The number of benzene rings is 1. The Balaban J connectivity index is 1.83. The summed E-state index contributed by atoms with van der Waals surface area (Å²) in [4.78, 5) is 17.7. The number of terminal acetylenes is 1. The zero-order valence-electron chi connectivity index (χ0n) is 13.4. The maximum absolute atomic E-state index is 12.4. The number of aromatic amines is 1. The predicted molar refractivity (Wildman–Crippen MR) is 94.9 cm³/mol. The van der Waals surface area contributed by atoms with Gasteiger partial charge in [-0.05, 0) is 30.7 Å². The van der Waals surface area contributed by atoms with E-state index in [1.807, 2.05) is 18.2 Å². The van der Waals surface area contributed by atoms with Crippen LogP contribution >= 0.6 is 0 Å². The Morgan fingerprint density at radius 2 is 1.91 bits per heavy atom. The molecule has 2 aromatic rings. The lowest BCUT2D eigenvalue weighted by atomic mass is 9.73. The molecule has 1 spiro atoms. The minimum absolute atomic E-state index is 0.147. The van der Waals surface area contributed by atoms with Crippen molar-refractivity contribution in [3.8, 4) is 12.3 Å². The third-order valence-corrected chi connectivity index (χ3v) is 5.71. The summed E-state index contributed by atoms with van der Waals surface area (Å²) in [5, 5.41) is 1.06. The van der Waals surface area contributed by atoms with E-state index in [1.54, 1.807) is 0 Å². The molecule has 23 heavy (non-hydrogen) atoms. The van der Waals surface area contributed by atoms with E-state index in [4.69, 9.17) is 6.42 Å². The first-order chi connectivity index (χ1) is 11.2. The van der Waals surface area contributed by atoms with Crippen LogP contribution in [-0.4, -0.2) is 18.1 Å². The Morgan fingerprint density at radius 3 is 2.70 bits per heavy atom. The molecule has 118 valence electrons. The molecular weight excluding hydrogens is 284 g/mol. The average molecular weight is 306 g/mol. The molecule has 3 heteroatoms. The number of para-hydroxylation sites is 1. The van der Waals surface area contributed by atoms with Crippen LogP contribution < -0.4 is 10.5 Å². The number of aromatic nitrogens is 1. The largest absolute Gasteiger partial charge is 0.369 e. The number of rotatable bonds is 1. The lowest BCUT2D eigenvalue weighted by molar-refractivity contribution is 0.219. The molecule has 1 aromatic carbocycles. The minimum Gasteiger partial charge on any atom is -0.369 e. The third kappa shape index (κ3) is 2.34. The van der Waals surface area contributed by atoms with E-state index >= 15 is 0 Å². The number of nitrogens with one attached hydrogen (secondary N) is 1. The highest BCUT2D eigenvalue weighted by atomic mass is 16.1. The molecule has 2 heterocycles. The third-order valence-electron chi connectivity index (χ3n) is 5.71. The maximum Gasteiger partial charge on any atom is 0.266 e. The molecule has 1 aromatic heterocycles. The Morgan fingerprint density at radius 1 is 1.13 bits per heavy atom. The number of H-pyrrole nitrogens is 1. The summed E-state index contributed by atoms with van der Waals surface area (Å²) in [6.07, 6.45) is 13.6. The van der Waals surface area contributed by atoms with Gasteiger partial charge in [0.2, 0.25) is 0 Å². The predicted octanol–water partition coefficient (Wildman–Crippen LogP) is 3.67. The Kier molecular flexibility index (Phi) is 3.41. The van der Waals surface area contributed by atoms with Crippen molar-refractivity contribution in [3.63, 3.8) is 0 Å². The van der Waals surface area contributed by atoms with Crippen LogP contribution in [0.5, 0.6) is 0 Å². The molecule has 1 aliphatic heterocycles. The van der Waals surface area contributed by atoms with E-state index in [-0.39, 0.29) is 5.56 Å². The van der Waals surface area contributed by atoms with Crippen LogP contribution in [0.25, 0.3) is 10.9 Å². The van der Waals surface area contributed by atoms with Crippen LogP contribution in [0.3, 0.4) is 0 Å². The van der Waals surface area contributed by atoms with Crippen molar-refractivity contribution < 1.29 is 0 Å². The monoisotopic (exact) mass is 306 g/mol. The zero-order valence-corrected chi connectivity index (χ0v) is 13.4. The minimum atomic E-state index is -0.147. The first-order valence-electron chi connectivity index (χ1n) is 8.59. The van der Waals surface area contributed by atoms with Crippen LogP contribution in [0.2, 0.25) is 0 Å². The molecule has 0 atom stereocenters. The molecule has 3 nitrogen and oxygen atoms in total. The molecule has 1 saturated carbocycles. The van der Waals surface area contributed by atoms with Gasteiger partial charge in [0.1, 0.15) is 5.56 Å². The summed E-state index contributed by atoms with van der Waals surface area (Å²) in [7, 11) is 0. The fourth-order valence-electron chi connectivity index (χ4n) is 4.52. The number of fused-ring (bicyclic) bond motifs is 1. The lowest BCUT2D eigenvalue weighted by Gasteiger charge is -2.33. The van der Waals surface area contributed by atoms with Gasteiger partial charge >= 0.3 is 0 Å². The van der Waals surface area contributed by atoms with Gasteiger partial charge in [0, 0.05) is 18.5 Å². The quantitative estimate of drug-likeness (QED) is 0.816. The molecule has 0 bridgehead atoms. The van der Waals surface area contributed by atoms with E-state index in [9.17, 15) is 4.79 Å². The highest BCUT2D eigenvalue weighted by Crippen LogP contribution is 2.45. The van der Waals surface area contributed by atoms with Gasteiger partial charge < -0.3 is 9.88 Å². The number of nitrogens with zero attached hydrogens (tertiary/aromatic N) is 1. The fourth-order valence-corrected chi connectivity index (χ4v) is 4.52. The number of anilines is 1. The van der Waals surface area contributed by atoms with Crippen LogP contribution in [-0.2, 0) is 0 Å². The van der Waals surface area contributed by atoms with Crippen molar-refractivity contribution in [2.75, 3.05) is 18.0 Å². The van der Waals surface area contributed by atoms with E-state index < -0.39 is 0 Å². The summed E-state index contributed by atoms with van der Waals surface area (Å²) >= 11 is 0. The van der Waals surface area contributed by atoms with Gasteiger partial charge in [-0.15, -0.1) is 6.42 Å². The molecule has 0 radical (unpaired) electrons. The van der Waals surface area contributed by atoms with E-state index in [0.717, 1.165) is 29.7 Å². The second-order valence-electron chi connectivity index (χ2n) is 7.10. The average Bonchev–Trinajstić information content (AvgIpc) is 2.97. The van der Waals surface area contributed by atoms with Gasteiger partial charge in [-0.3, -0.25) is 4.79 Å². The molecule has 1 aliphatic carbocycles. The van der Waals surface area contributed by atoms with Crippen LogP contribution in [0.15, 0.2) is 29.1 Å². The van der Waals surface area contributed by atoms with Crippen LogP contribution in [0.4, 0.5) is 5.69 Å². The highest BCUT2D eigenvalue weighted by Gasteiger charge is 2.39. The second kappa shape index (κ2) is 5.45. The SMILES string of the molecule is C#Cc1c(N2CCC3(CCCCC3)C2)c2ccccc2[nH]c1=O. The molecule has 2 fully saturated rings. The van der Waals surface area contributed by atoms with Gasteiger partial charge in [0.25, 0.3) is 5.56 Å². The summed E-state index contributed by atoms with van der Waals surface area (Å²) < 4.78 is 0. The molecule has 1 saturated heterocycles. The van der Waals surface area contributed by atoms with Gasteiger partial charge in [0.15, 0.2) is 0 Å². The van der Waals surface area contributed by atoms with E-state index in [1.165, 1.54) is 38.5 Å². The van der Waals surface area contributed by atoms with Crippen molar-refractivity contribution in [1.82, 2.24) is 4.98 Å². The van der Waals surface area contributed by atoms with Crippen molar-refractivity contribution in [1.29, 1.82) is 0 Å². The standard InChI is InChI=1S/C20H22N2O/c1-2-15-18(16-8-4-5-9-17(16)21-19(15)23)22-13-12-20(14-22)10-6-3-7-11-20/h1,4-5,8-9H,3,6-7,10-14H2,(H,21,23). The summed E-state index contributed by atoms with van der Waals surface area (Å²) in [6.45, 7) is 2.04. The first kappa shape index (κ1) is 14.4. The smallest absolute Gasteiger partial charge is 0.266 e. The topological polar surface area (TPSA) is 36.1 Å². The Hall–Kier alpha value is -2.21. The molecule has 1 N–H and O–H groups in total. The summed E-state index contributed by atoms with van der Waals surface area (Å²) in [5.41, 5.74) is 2.61. The molecule has 4 rings (SSSR count). The Labute approximate surface area is 136 Å². The van der Waals surface area contributed by atoms with E-state index in [2.05, 4.69) is 21.9 Å². The van der Waals surface area contributed by atoms with E-state index in [0.29, 0.717) is 11.0 Å². The summed E-state index contributed by atoms with van der Waals surface area (Å²) in [5.74, 6) is 2.64. The number of pyridine rings is 1. The van der Waals surface area contributed by atoms with Crippen molar-refractivity contribution >= 4 is 16.6 Å². The second-order valence-corrected chi connectivity index (χ2v) is 7.10.